The van der Waals surface area contributed by atoms with Crippen LogP contribution in [0.25, 0.3) is 0 Å². The van der Waals surface area contributed by atoms with Crippen LogP contribution in [0.1, 0.15) is 57.1 Å². The number of halogens is 1. The van der Waals surface area contributed by atoms with Crippen molar-refractivity contribution in [3.63, 3.8) is 0 Å². The maximum atomic E-state index is 9.61. The second kappa shape index (κ2) is 7.90. The third-order valence-corrected chi connectivity index (χ3v) is 4.39. The van der Waals surface area contributed by atoms with Gasteiger partial charge in [0.05, 0.1) is 0 Å². The highest BCUT2D eigenvalue weighted by molar-refractivity contribution is 5.85. The normalized spacial score (nSPS) is 21.4. The summed E-state index contributed by atoms with van der Waals surface area (Å²) < 4.78 is 0. The minimum atomic E-state index is 0. The molecule has 114 valence electrons. The molecule has 2 atom stereocenters. The summed E-state index contributed by atoms with van der Waals surface area (Å²) in [4.78, 5) is 2.67. The molecule has 0 saturated heterocycles. The van der Waals surface area contributed by atoms with Crippen LogP contribution < -0.4 is 0 Å². The van der Waals surface area contributed by atoms with E-state index in [1.54, 1.807) is 0 Å². The molecule has 0 radical (unpaired) electrons. The number of benzene rings is 1. The monoisotopic (exact) mass is 297 g/mol. The van der Waals surface area contributed by atoms with Crippen molar-refractivity contribution in [1.82, 2.24) is 4.90 Å². The zero-order valence-electron chi connectivity index (χ0n) is 12.9. The fourth-order valence-electron chi connectivity index (χ4n) is 3.53. The van der Waals surface area contributed by atoms with Gasteiger partial charge in [-0.25, -0.2) is 0 Å². The highest BCUT2D eigenvalue weighted by Gasteiger charge is 2.30. The van der Waals surface area contributed by atoms with Crippen LogP contribution in [0.5, 0.6) is 5.75 Å². The minimum absolute atomic E-state index is 0. The molecule has 1 aromatic rings. The van der Waals surface area contributed by atoms with Gasteiger partial charge in [0.2, 0.25) is 0 Å². The Kier molecular flexibility index (Phi) is 6.84. The third kappa shape index (κ3) is 3.67. The van der Waals surface area contributed by atoms with E-state index in [0.717, 1.165) is 6.42 Å². The van der Waals surface area contributed by atoms with Crippen LogP contribution in [0.2, 0.25) is 0 Å². The minimum Gasteiger partial charge on any atom is -0.508 e. The second-order valence-corrected chi connectivity index (χ2v) is 5.81. The SMILES string of the molecule is CCCN(CCC)C1CCc2cc(O)ccc2C1C.Cl. The lowest BCUT2D eigenvalue weighted by molar-refractivity contribution is 0.159. The summed E-state index contributed by atoms with van der Waals surface area (Å²) >= 11 is 0. The van der Waals surface area contributed by atoms with Crippen LogP contribution in [0.15, 0.2) is 18.2 Å². The van der Waals surface area contributed by atoms with Crippen molar-refractivity contribution in [2.45, 2.75) is 58.4 Å². The number of fused-ring (bicyclic) bond motifs is 1. The van der Waals surface area contributed by atoms with Crippen LogP contribution in [0.4, 0.5) is 0 Å². The van der Waals surface area contributed by atoms with Gasteiger partial charge in [0, 0.05) is 6.04 Å². The Balaban J connectivity index is 0.00000200. The third-order valence-electron chi connectivity index (χ3n) is 4.39. The molecule has 1 aliphatic carbocycles. The van der Waals surface area contributed by atoms with Crippen molar-refractivity contribution in [3.8, 4) is 5.75 Å². The molecule has 0 spiro atoms. The van der Waals surface area contributed by atoms with Gasteiger partial charge in [-0.1, -0.05) is 26.8 Å². The molecule has 3 heteroatoms. The molecule has 0 bridgehead atoms. The van der Waals surface area contributed by atoms with E-state index in [4.69, 9.17) is 0 Å². The fourth-order valence-corrected chi connectivity index (χ4v) is 3.53. The molecular formula is C17H28ClNO. The predicted molar refractivity (Wildman–Crippen MR) is 88.0 cm³/mol. The zero-order chi connectivity index (χ0) is 13.8. The first kappa shape index (κ1) is 17.3. The summed E-state index contributed by atoms with van der Waals surface area (Å²) in [6, 6.07) is 6.57. The predicted octanol–water partition coefficient (Wildman–Crippen LogP) is 4.35. The van der Waals surface area contributed by atoms with Crippen LogP contribution in [0.3, 0.4) is 0 Å². The molecule has 0 aliphatic heterocycles. The maximum absolute atomic E-state index is 9.61. The van der Waals surface area contributed by atoms with E-state index < -0.39 is 0 Å². The van der Waals surface area contributed by atoms with Crippen molar-refractivity contribution < 1.29 is 5.11 Å². The molecule has 0 aromatic heterocycles. The number of hydrogen-bond donors (Lipinski definition) is 1. The van der Waals surface area contributed by atoms with Crippen LogP contribution in [0, 0.1) is 0 Å². The highest BCUT2D eigenvalue weighted by atomic mass is 35.5. The van der Waals surface area contributed by atoms with Crippen LogP contribution >= 0.6 is 12.4 Å². The zero-order valence-corrected chi connectivity index (χ0v) is 13.7. The molecule has 0 saturated carbocycles. The first-order valence-electron chi connectivity index (χ1n) is 7.73. The number of phenolic OH excluding ortho intramolecular Hbond substituents is 1. The average Bonchev–Trinajstić information content (AvgIpc) is 2.39. The Hall–Kier alpha value is -0.730. The quantitative estimate of drug-likeness (QED) is 0.873. The molecule has 2 rings (SSSR count). The Morgan fingerprint density at radius 2 is 1.85 bits per heavy atom. The van der Waals surface area contributed by atoms with E-state index >= 15 is 0 Å². The van der Waals surface area contributed by atoms with Gasteiger partial charge in [-0.3, -0.25) is 4.90 Å². The largest absolute Gasteiger partial charge is 0.508 e. The number of aromatic hydroxyl groups is 1. The van der Waals surface area contributed by atoms with Crippen molar-refractivity contribution in [1.29, 1.82) is 0 Å². The standard InChI is InChI=1S/C17H27NO.ClH/c1-4-10-18(11-5-2)17-9-6-14-12-15(19)7-8-16(14)13(17)3;/h7-8,12-13,17,19H,4-6,9-11H2,1-3H3;1H. The van der Waals surface area contributed by atoms with Gasteiger partial charge in [0.15, 0.2) is 0 Å². The summed E-state index contributed by atoms with van der Waals surface area (Å²) in [7, 11) is 0. The summed E-state index contributed by atoms with van der Waals surface area (Å²) in [6.45, 7) is 9.29. The van der Waals surface area contributed by atoms with Crippen molar-refractivity contribution in [3.05, 3.63) is 29.3 Å². The molecule has 1 aliphatic rings. The van der Waals surface area contributed by atoms with Gasteiger partial charge in [-0.15, -0.1) is 12.4 Å². The summed E-state index contributed by atoms with van der Waals surface area (Å²) in [5.74, 6) is 0.978. The first-order valence-corrected chi connectivity index (χ1v) is 7.73. The molecule has 0 amide bonds. The Bertz CT molecular complexity index is 415. The average molecular weight is 298 g/mol. The highest BCUT2D eigenvalue weighted by Crippen LogP contribution is 2.36. The lowest BCUT2D eigenvalue weighted by atomic mass is 9.79. The maximum Gasteiger partial charge on any atom is 0.115 e. The number of nitrogens with zero attached hydrogens (tertiary/aromatic N) is 1. The summed E-state index contributed by atoms with van der Waals surface area (Å²) in [5, 5.41) is 9.61. The molecule has 1 aromatic carbocycles. The lowest BCUT2D eigenvalue weighted by Crippen LogP contribution is -2.42. The molecule has 2 unspecified atom stereocenters. The first-order chi connectivity index (χ1) is 9.17. The smallest absolute Gasteiger partial charge is 0.115 e. The molecule has 2 nitrogen and oxygen atoms in total. The van der Waals surface area contributed by atoms with E-state index in [0.29, 0.717) is 17.7 Å². The lowest BCUT2D eigenvalue weighted by Gasteiger charge is -2.39. The topological polar surface area (TPSA) is 23.5 Å². The number of phenols is 1. The Labute approximate surface area is 129 Å². The van der Waals surface area contributed by atoms with E-state index in [-0.39, 0.29) is 12.4 Å². The van der Waals surface area contributed by atoms with E-state index in [1.807, 2.05) is 12.1 Å². The molecule has 1 N–H and O–H groups in total. The molecule has 20 heavy (non-hydrogen) atoms. The number of rotatable bonds is 5. The Morgan fingerprint density at radius 1 is 1.20 bits per heavy atom. The van der Waals surface area contributed by atoms with Gasteiger partial charge in [0.1, 0.15) is 5.75 Å². The van der Waals surface area contributed by atoms with Crippen molar-refractivity contribution >= 4 is 12.4 Å². The number of hydrogen-bond acceptors (Lipinski definition) is 2. The van der Waals surface area contributed by atoms with Gasteiger partial charge < -0.3 is 5.11 Å². The molecule has 0 fully saturated rings. The van der Waals surface area contributed by atoms with Crippen molar-refractivity contribution in [2.75, 3.05) is 13.1 Å². The van der Waals surface area contributed by atoms with Crippen molar-refractivity contribution in [2.24, 2.45) is 0 Å². The summed E-state index contributed by atoms with van der Waals surface area (Å²) in [6.07, 6.45) is 4.78. The van der Waals surface area contributed by atoms with Crippen LogP contribution in [-0.2, 0) is 6.42 Å². The fraction of sp³-hybridized carbons (Fsp3) is 0.647. The van der Waals surface area contributed by atoms with Gasteiger partial charge in [-0.2, -0.15) is 0 Å². The summed E-state index contributed by atoms with van der Waals surface area (Å²) in [5.41, 5.74) is 2.78. The molecule has 0 heterocycles. The van der Waals surface area contributed by atoms with Gasteiger partial charge in [0.25, 0.3) is 0 Å². The Morgan fingerprint density at radius 3 is 2.45 bits per heavy atom. The van der Waals surface area contributed by atoms with Crippen LogP contribution in [-0.4, -0.2) is 29.1 Å². The molecular weight excluding hydrogens is 270 g/mol. The van der Waals surface area contributed by atoms with Gasteiger partial charge >= 0.3 is 0 Å². The van der Waals surface area contributed by atoms with Gasteiger partial charge in [-0.05, 0) is 68.0 Å². The van der Waals surface area contributed by atoms with E-state index in [1.165, 1.54) is 43.5 Å². The van der Waals surface area contributed by atoms with E-state index in [2.05, 4.69) is 31.7 Å². The number of aryl methyl sites for hydroxylation is 1. The van der Waals surface area contributed by atoms with E-state index in [9.17, 15) is 5.11 Å². The second-order valence-electron chi connectivity index (χ2n) is 5.81.